The van der Waals surface area contributed by atoms with Gasteiger partial charge in [0.2, 0.25) is 5.91 Å². The zero-order valence-corrected chi connectivity index (χ0v) is 9.82. The van der Waals surface area contributed by atoms with Gasteiger partial charge in [0, 0.05) is 6.54 Å². The molecule has 18 heavy (non-hydrogen) atoms. The van der Waals surface area contributed by atoms with Crippen LogP contribution in [0.2, 0.25) is 0 Å². The Morgan fingerprint density at radius 2 is 2.11 bits per heavy atom. The van der Waals surface area contributed by atoms with Crippen LogP contribution in [0.5, 0.6) is 0 Å². The average Bonchev–Trinajstić information content (AvgIpc) is 2.77. The fourth-order valence-corrected chi connectivity index (χ4v) is 2.63. The number of ether oxygens (including phenoxy) is 1. The summed E-state index contributed by atoms with van der Waals surface area (Å²) in [5.74, 6) is -0.190. The number of fused-ring (bicyclic) bond motifs is 1. The first kappa shape index (κ1) is 11.6. The molecule has 0 spiro atoms. The molecule has 2 aliphatic heterocycles. The molecule has 3 rings (SSSR count). The normalized spacial score (nSPS) is 35.0. The molecule has 0 unspecified atom stereocenters. The molecule has 2 saturated heterocycles. The van der Waals surface area contributed by atoms with Crippen LogP contribution in [-0.2, 0) is 16.1 Å². The summed E-state index contributed by atoms with van der Waals surface area (Å²) in [5, 5.41) is 20.0. The Morgan fingerprint density at radius 1 is 1.39 bits per heavy atom. The number of aliphatic hydroxyl groups is 2. The molecule has 5 heteroatoms. The first-order chi connectivity index (χ1) is 8.61. The summed E-state index contributed by atoms with van der Waals surface area (Å²) in [6, 6.07) is 9.52. The van der Waals surface area contributed by atoms with Gasteiger partial charge in [0.25, 0.3) is 0 Å². The molecule has 1 aromatic carbocycles. The summed E-state index contributed by atoms with van der Waals surface area (Å²) in [7, 11) is 0. The van der Waals surface area contributed by atoms with E-state index in [0.29, 0.717) is 6.54 Å². The Hall–Kier alpha value is -1.43. The van der Waals surface area contributed by atoms with Crippen molar-refractivity contribution in [2.75, 3.05) is 6.61 Å². The van der Waals surface area contributed by atoms with Gasteiger partial charge in [0.05, 0.1) is 13.0 Å². The first-order valence-corrected chi connectivity index (χ1v) is 5.97. The number of amides is 1. The number of hydrogen-bond donors (Lipinski definition) is 2. The van der Waals surface area contributed by atoms with Crippen LogP contribution in [-0.4, -0.2) is 45.6 Å². The molecule has 2 fully saturated rings. The largest absolute Gasteiger partial charge is 0.387 e. The maximum absolute atomic E-state index is 11.9. The minimum atomic E-state index is -1.45. The minimum Gasteiger partial charge on any atom is -0.387 e. The van der Waals surface area contributed by atoms with Gasteiger partial charge in [-0.15, -0.1) is 0 Å². The SMILES string of the molecule is O=C1C[C@]2(O)[C@H](O)CO[C@@H]2N1Cc1ccccc1. The predicted octanol–water partition coefficient (Wildman–Crippen LogP) is -0.133. The number of benzene rings is 1. The van der Waals surface area contributed by atoms with Gasteiger partial charge >= 0.3 is 0 Å². The number of aliphatic hydroxyl groups excluding tert-OH is 1. The molecule has 2 aliphatic rings. The van der Waals surface area contributed by atoms with Crippen LogP contribution in [0.25, 0.3) is 0 Å². The Balaban J connectivity index is 1.83. The Kier molecular flexibility index (Phi) is 2.62. The highest BCUT2D eigenvalue weighted by Crippen LogP contribution is 2.39. The van der Waals surface area contributed by atoms with E-state index in [0.717, 1.165) is 5.56 Å². The summed E-state index contributed by atoms with van der Waals surface area (Å²) in [6.45, 7) is 0.457. The lowest BCUT2D eigenvalue weighted by atomic mass is 9.97. The van der Waals surface area contributed by atoms with Crippen LogP contribution >= 0.6 is 0 Å². The van der Waals surface area contributed by atoms with Crippen LogP contribution < -0.4 is 0 Å². The number of nitrogens with zero attached hydrogens (tertiary/aromatic N) is 1. The van der Waals surface area contributed by atoms with Crippen molar-refractivity contribution >= 4 is 5.91 Å². The van der Waals surface area contributed by atoms with E-state index in [-0.39, 0.29) is 18.9 Å². The maximum atomic E-state index is 11.9. The fraction of sp³-hybridized carbons (Fsp3) is 0.462. The van der Waals surface area contributed by atoms with Crippen molar-refractivity contribution < 1.29 is 19.7 Å². The lowest BCUT2D eigenvalue weighted by Crippen LogP contribution is -2.46. The zero-order valence-electron chi connectivity index (χ0n) is 9.82. The number of likely N-dealkylation sites (tertiary alicyclic amines) is 1. The van der Waals surface area contributed by atoms with Crippen molar-refractivity contribution in [2.45, 2.75) is 30.9 Å². The highest BCUT2D eigenvalue weighted by Gasteiger charge is 2.59. The van der Waals surface area contributed by atoms with Crippen molar-refractivity contribution in [3.8, 4) is 0 Å². The second kappa shape index (κ2) is 4.05. The van der Waals surface area contributed by atoms with E-state index in [1.54, 1.807) is 0 Å². The summed E-state index contributed by atoms with van der Waals surface area (Å²) >= 11 is 0. The molecule has 0 aromatic heterocycles. The van der Waals surface area contributed by atoms with Crippen LogP contribution in [0.3, 0.4) is 0 Å². The van der Waals surface area contributed by atoms with E-state index in [9.17, 15) is 15.0 Å². The van der Waals surface area contributed by atoms with E-state index < -0.39 is 17.9 Å². The van der Waals surface area contributed by atoms with Crippen LogP contribution in [0.15, 0.2) is 30.3 Å². The average molecular weight is 249 g/mol. The van der Waals surface area contributed by atoms with Crippen molar-refractivity contribution in [1.29, 1.82) is 0 Å². The molecular formula is C13H15NO4. The van der Waals surface area contributed by atoms with Gasteiger partial charge in [0.1, 0.15) is 11.7 Å². The van der Waals surface area contributed by atoms with Gasteiger partial charge in [-0.3, -0.25) is 4.79 Å². The molecule has 2 N–H and O–H groups in total. The third kappa shape index (κ3) is 1.63. The highest BCUT2D eigenvalue weighted by atomic mass is 16.6. The molecule has 0 bridgehead atoms. The van der Waals surface area contributed by atoms with Crippen molar-refractivity contribution in [3.05, 3.63) is 35.9 Å². The van der Waals surface area contributed by atoms with E-state index in [2.05, 4.69) is 0 Å². The Labute approximate surface area is 105 Å². The van der Waals surface area contributed by atoms with Crippen molar-refractivity contribution in [3.63, 3.8) is 0 Å². The third-order valence-electron chi connectivity index (χ3n) is 3.65. The van der Waals surface area contributed by atoms with E-state index in [4.69, 9.17) is 4.74 Å². The number of carbonyl (C=O) groups excluding carboxylic acids is 1. The maximum Gasteiger partial charge on any atom is 0.228 e. The zero-order chi connectivity index (χ0) is 12.8. The molecule has 3 atom stereocenters. The molecule has 0 aliphatic carbocycles. The third-order valence-corrected chi connectivity index (χ3v) is 3.65. The molecule has 1 amide bonds. The highest BCUT2D eigenvalue weighted by molar-refractivity contribution is 5.81. The van der Waals surface area contributed by atoms with Gasteiger partial charge < -0.3 is 19.8 Å². The molecule has 2 heterocycles. The quantitative estimate of drug-likeness (QED) is 0.766. The topological polar surface area (TPSA) is 70.0 Å². The van der Waals surface area contributed by atoms with Crippen molar-refractivity contribution in [2.24, 2.45) is 0 Å². The monoisotopic (exact) mass is 249 g/mol. The summed E-state index contributed by atoms with van der Waals surface area (Å²) in [6.07, 6.45) is -1.81. The summed E-state index contributed by atoms with van der Waals surface area (Å²) in [5.41, 5.74) is -0.480. The van der Waals surface area contributed by atoms with Crippen LogP contribution in [0, 0.1) is 0 Å². The van der Waals surface area contributed by atoms with Gasteiger partial charge in [-0.2, -0.15) is 0 Å². The van der Waals surface area contributed by atoms with E-state index in [1.165, 1.54) is 4.90 Å². The second-order valence-electron chi connectivity index (χ2n) is 4.88. The smallest absolute Gasteiger partial charge is 0.228 e. The molecule has 96 valence electrons. The van der Waals surface area contributed by atoms with Gasteiger partial charge in [-0.05, 0) is 5.56 Å². The van der Waals surface area contributed by atoms with E-state index in [1.807, 2.05) is 30.3 Å². The number of carbonyl (C=O) groups is 1. The summed E-state index contributed by atoms with van der Waals surface area (Å²) in [4.78, 5) is 13.4. The first-order valence-electron chi connectivity index (χ1n) is 5.97. The molecule has 5 nitrogen and oxygen atoms in total. The number of rotatable bonds is 2. The summed E-state index contributed by atoms with van der Waals surface area (Å²) < 4.78 is 5.35. The van der Waals surface area contributed by atoms with Gasteiger partial charge in [-0.25, -0.2) is 0 Å². The van der Waals surface area contributed by atoms with Crippen molar-refractivity contribution in [1.82, 2.24) is 4.90 Å². The molecule has 1 aromatic rings. The second-order valence-corrected chi connectivity index (χ2v) is 4.88. The Bertz CT molecular complexity index is 463. The van der Waals surface area contributed by atoms with Crippen LogP contribution in [0.1, 0.15) is 12.0 Å². The predicted molar refractivity (Wildman–Crippen MR) is 62.3 cm³/mol. The fourth-order valence-electron chi connectivity index (χ4n) is 2.63. The lowest BCUT2D eigenvalue weighted by Gasteiger charge is -2.27. The van der Waals surface area contributed by atoms with E-state index >= 15 is 0 Å². The molecular weight excluding hydrogens is 234 g/mol. The van der Waals surface area contributed by atoms with Crippen LogP contribution in [0.4, 0.5) is 0 Å². The standard InChI is InChI=1S/C13H15NO4/c15-10-8-18-12-13(10,17)6-11(16)14(12)7-9-4-2-1-3-5-9/h1-5,10,12,15,17H,6-8H2/t10-,12+,13+/m1/s1. The minimum absolute atomic E-state index is 0.0692. The van der Waals surface area contributed by atoms with Gasteiger partial charge in [0.15, 0.2) is 6.23 Å². The molecule has 0 saturated carbocycles. The number of hydrogen-bond acceptors (Lipinski definition) is 4. The van der Waals surface area contributed by atoms with Gasteiger partial charge in [-0.1, -0.05) is 30.3 Å². The Morgan fingerprint density at radius 3 is 2.83 bits per heavy atom. The lowest BCUT2D eigenvalue weighted by molar-refractivity contribution is -0.137. The molecule has 0 radical (unpaired) electrons.